The molecule has 0 spiro atoms. The zero-order chi connectivity index (χ0) is 20.1. The van der Waals surface area contributed by atoms with Gasteiger partial charge in [-0.15, -0.1) is 0 Å². The summed E-state index contributed by atoms with van der Waals surface area (Å²) in [6.07, 6.45) is -0.235. The first-order chi connectivity index (χ1) is 11.9. The van der Waals surface area contributed by atoms with Gasteiger partial charge in [0.1, 0.15) is 11.6 Å². The number of carboxylic acid groups (broad SMARTS) is 1. The minimum atomic E-state index is -4.87. The third-order valence-electron chi connectivity index (χ3n) is 3.27. The Hall–Kier alpha value is -2.21. The molecule has 146 valence electrons. The summed E-state index contributed by atoms with van der Waals surface area (Å²) in [4.78, 5) is 40.5. The minimum absolute atomic E-state index is 0.235. The fourth-order valence-corrected chi connectivity index (χ4v) is 2.25. The molecule has 13 heteroatoms. The van der Waals surface area contributed by atoms with Crippen molar-refractivity contribution in [2.75, 3.05) is 6.61 Å². The second-order valence-corrected chi connectivity index (χ2v) is 6.77. The summed E-state index contributed by atoms with van der Waals surface area (Å²) < 4.78 is 15.1. The number of phenolic OH excluding ortho intramolecular Hbond substituents is 1. The van der Waals surface area contributed by atoms with Crippen molar-refractivity contribution in [2.45, 2.75) is 24.9 Å². The van der Waals surface area contributed by atoms with Crippen LogP contribution in [-0.4, -0.2) is 55.2 Å². The van der Waals surface area contributed by atoms with Gasteiger partial charge >= 0.3 is 13.8 Å². The molecule has 0 aliphatic carbocycles. The van der Waals surface area contributed by atoms with Gasteiger partial charge in [0.2, 0.25) is 0 Å². The van der Waals surface area contributed by atoms with E-state index < -0.39 is 49.4 Å². The van der Waals surface area contributed by atoms with Crippen LogP contribution in [0.3, 0.4) is 0 Å². The van der Waals surface area contributed by atoms with Crippen molar-refractivity contribution in [2.24, 2.45) is 5.73 Å². The van der Waals surface area contributed by atoms with Crippen LogP contribution in [0.25, 0.3) is 0 Å². The molecular formula is C13H20N3O9P. The maximum Gasteiger partial charge on any atom is 0.524 e. The SMILES string of the molecule is CC(Cc1ccc(OP(=O)(O)O)c(O)c1)(NNC(=O)[C@@H](N)CO)C(=O)O. The molecule has 0 radical (unpaired) electrons. The Morgan fingerprint density at radius 3 is 2.46 bits per heavy atom. The molecule has 26 heavy (non-hydrogen) atoms. The van der Waals surface area contributed by atoms with Gasteiger partial charge in [-0.1, -0.05) is 6.07 Å². The molecule has 0 bridgehead atoms. The van der Waals surface area contributed by atoms with Crippen LogP contribution in [0.2, 0.25) is 0 Å². The maximum atomic E-state index is 11.5. The van der Waals surface area contributed by atoms with Gasteiger partial charge in [-0.3, -0.25) is 24.8 Å². The number of benzene rings is 1. The number of carboxylic acids is 1. The molecule has 0 fully saturated rings. The average Bonchev–Trinajstić information content (AvgIpc) is 2.53. The van der Waals surface area contributed by atoms with Crippen LogP contribution in [0.4, 0.5) is 0 Å². The minimum Gasteiger partial charge on any atom is -0.504 e. The van der Waals surface area contributed by atoms with E-state index in [9.17, 15) is 24.4 Å². The van der Waals surface area contributed by atoms with Crippen molar-refractivity contribution in [3.05, 3.63) is 23.8 Å². The smallest absolute Gasteiger partial charge is 0.504 e. The quantitative estimate of drug-likeness (QED) is 0.173. The monoisotopic (exact) mass is 393 g/mol. The van der Waals surface area contributed by atoms with Gasteiger partial charge in [0, 0.05) is 6.42 Å². The Bertz CT molecular complexity index is 723. The Morgan fingerprint density at radius 1 is 1.38 bits per heavy atom. The van der Waals surface area contributed by atoms with Crippen LogP contribution in [0, 0.1) is 0 Å². The average molecular weight is 393 g/mol. The summed E-state index contributed by atoms with van der Waals surface area (Å²) in [5.74, 6) is -3.25. The second kappa shape index (κ2) is 8.45. The molecule has 12 nitrogen and oxygen atoms in total. The molecule has 0 saturated carbocycles. The van der Waals surface area contributed by atoms with Crippen molar-refractivity contribution in [3.8, 4) is 11.5 Å². The van der Waals surface area contributed by atoms with Crippen LogP contribution < -0.4 is 21.1 Å². The third kappa shape index (κ3) is 6.26. The van der Waals surface area contributed by atoms with Crippen molar-refractivity contribution in [3.63, 3.8) is 0 Å². The highest BCUT2D eigenvalue weighted by Gasteiger charge is 2.34. The van der Waals surface area contributed by atoms with Gasteiger partial charge in [-0.25, -0.2) is 9.99 Å². The molecule has 2 atom stereocenters. The standard InChI is InChI=1S/C13H20N3O9P/c1-13(12(20)21,16-15-11(19)8(14)6-17)5-7-2-3-10(9(18)4-7)25-26(22,23)24/h2-4,8,16-18H,5-6,14H2,1H3,(H,15,19)(H,20,21)(H2,22,23,24)/t8-,13?/m0/s1. The molecule has 0 aromatic heterocycles. The molecule has 0 aliphatic rings. The second-order valence-electron chi connectivity index (χ2n) is 5.60. The van der Waals surface area contributed by atoms with Gasteiger partial charge in [0.25, 0.3) is 5.91 Å². The van der Waals surface area contributed by atoms with Crippen LogP contribution in [-0.2, 0) is 20.6 Å². The molecule has 9 N–H and O–H groups in total. The summed E-state index contributed by atoms with van der Waals surface area (Å²) in [6, 6.07) is 2.17. The Labute approximate surface area is 147 Å². The van der Waals surface area contributed by atoms with Crippen molar-refractivity contribution in [1.29, 1.82) is 0 Å². The van der Waals surface area contributed by atoms with Gasteiger partial charge < -0.3 is 25.6 Å². The topological polar surface area (TPSA) is 212 Å². The largest absolute Gasteiger partial charge is 0.524 e. The lowest BCUT2D eigenvalue weighted by atomic mass is 9.93. The molecule has 1 unspecified atom stereocenters. The number of aliphatic hydroxyl groups excluding tert-OH is 1. The van der Waals surface area contributed by atoms with Crippen molar-refractivity contribution < 1.29 is 43.8 Å². The summed E-state index contributed by atoms with van der Waals surface area (Å²) in [7, 11) is -4.87. The highest BCUT2D eigenvalue weighted by atomic mass is 31.2. The number of nitrogens with two attached hydrogens (primary N) is 1. The number of aliphatic carboxylic acids is 1. The normalized spacial score (nSPS) is 15.0. The zero-order valence-electron chi connectivity index (χ0n) is 13.6. The number of hydrogen-bond acceptors (Lipinski definition) is 8. The van der Waals surface area contributed by atoms with E-state index >= 15 is 0 Å². The molecule has 0 saturated heterocycles. The number of aliphatic hydroxyl groups is 1. The van der Waals surface area contributed by atoms with E-state index in [1.54, 1.807) is 0 Å². The Morgan fingerprint density at radius 2 is 2.00 bits per heavy atom. The van der Waals surface area contributed by atoms with E-state index in [-0.39, 0.29) is 12.0 Å². The first-order valence-electron chi connectivity index (χ1n) is 7.12. The number of aromatic hydroxyl groups is 1. The van der Waals surface area contributed by atoms with E-state index in [1.807, 2.05) is 0 Å². The van der Waals surface area contributed by atoms with Gasteiger partial charge in [0.05, 0.1) is 6.61 Å². The lowest BCUT2D eigenvalue weighted by Gasteiger charge is -2.27. The van der Waals surface area contributed by atoms with Crippen molar-refractivity contribution >= 4 is 19.7 Å². The predicted molar refractivity (Wildman–Crippen MR) is 86.9 cm³/mol. The lowest BCUT2D eigenvalue weighted by molar-refractivity contribution is -0.145. The van der Waals surface area contributed by atoms with Gasteiger partial charge in [-0.2, -0.15) is 0 Å². The molecule has 0 aliphatic heterocycles. The van der Waals surface area contributed by atoms with Crippen LogP contribution in [0.15, 0.2) is 18.2 Å². The van der Waals surface area contributed by atoms with Crippen LogP contribution in [0.1, 0.15) is 12.5 Å². The van der Waals surface area contributed by atoms with E-state index in [0.29, 0.717) is 0 Å². The number of phosphoric acid groups is 1. The van der Waals surface area contributed by atoms with Crippen molar-refractivity contribution in [1.82, 2.24) is 10.9 Å². The summed E-state index contributed by atoms with van der Waals surface area (Å²) >= 11 is 0. The highest BCUT2D eigenvalue weighted by molar-refractivity contribution is 7.46. The van der Waals surface area contributed by atoms with Crippen LogP contribution >= 0.6 is 7.82 Å². The number of phosphoric ester groups is 1. The molecule has 1 aromatic carbocycles. The fourth-order valence-electron chi connectivity index (χ4n) is 1.83. The maximum absolute atomic E-state index is 11.5. The fraction of sp³-hybridized carbons (Fsp3) is 0.385. The number of carbonyl (C=O) groups excluding carboxylic acids is 1. The molecule has 1 rings (SSSR count). The first-order valence-corrected chi connectivity index (χ1v) is 8.65. The summed E-state index contributed by atoms with van der Waals surface area (Å²) in [5.41, 5.74) is 8.24. The molecule has 1 aromatic rings. The number of hydrazine groups is 1. The Balaban J connectivity index is 2.93. The van der Waals surface area contributed by atoms with E-state index in [1.165, 1.54) is 13.0 Å². The predicted octanol–water partition coefficient (Wildman–Crippen LogP) is -1.81. The number of rotatable bonds is 9. The number of nitrogens with one attached hydrogen (secondary N) is 2. The van der Waals surface area contributed by atoms with E-state index in [0.717, 1.165) is 12.1 Å². The lowest BCUT2D eigenvalue weighted by Crippen LogP contribution is -2.61. The number of carbonyl (C=O) groups is 2. The number of amides is 1. The molecule has 1 amide bonds. The van der Waals surface area contributed by atoms with E-state index in [4.69, 9.17) is 20.6 Å². The van der Waals surface area contributed by atoms with E-state index in [2.05, 4.69) is 15.4 Å². The first kappa shape index (κ1) is 21.8. The van der Waals surface area contributed by atoms with Gasteiger partial charge in [-0.05, 0) is 24.6 Å². The summed E-state index contributed by atoms with van der Waals surface area (Å²) in [5, 5.41) is 27.9. The zero-order valence-corrected chi connectivity index (χ0v) is 14.5. The third-order valence-corrected chi connectivity index (χ3v) is 3.70. The Kier molecular flexibility index (Phi) is 7.09. The number of phenols is 1. The van der Waals surface area contributed by atoms with Gasteiger partial charge in [0.15, 0.2) is 11.5 Å². The highest BCUT2D eigenvalue weighted by Crippen LogP contribution is 2.41. The molecular weight excluding hydrogens is 373 g/mol. The summed E-state index contributed by atoms with van der Waals surface area (Å²) in [6.45, 7) is 0.614. The van der Waals surface area contributed by atoms with Crippen LogP contribution in [0.5, 0.6) is 11.5 Å². The number of hydrogen-bond donors (Lipinski definition) is 8. The molecule has 0 heterocycles.